The Bertz CT molecular complexity index is 977. The van der Waals surface area contributed by atoms with Crippen LogP contribution in [0, 0.1) is 6.92 Å². The molecule has 0 unspecified atom stereocenters. The number of piperidine rings is 1. The smallest absolute Gasteiger partial charge is 0.253 e. The lowest BCUT2D eigenvalue weighted by atomic mass is 9.89. The Kier molecular flexibility index (Phi) is 7.41. The first-order valence-electron chi connectivity index (χ1n) is 12.0. The number of nitrogens with zero attached hydrogens (tertiary/aromatic N) is 1. The van der Waals surface area contributed by atoms with Crippen LogP contribution < -0.4 is 5.32 Å². The number of aryl methyl sites for hydroxylation is 1. The summed E-state index contributed by atoms with van der Waals surface area (Å²) in [7, 11) is 0. The summed E-state index contributed by atoms with van der Waals surface area (Å²) in [5.41, 5.74) is 5.24. The third-order valence-electron chi connectivity index (χ3n) is 6.74. The van der Waals surface area contributed by atoms with Crippen LogP contribution in [0.15, 0.2) is 60.2 Å². The highest BCUT2D eigenvalue weighted by molar-refractivity contribution is 5.95. The van der Waals surface area contributed by atoms with Crippen LogP contribution in [0.3, 0.4) is 0 Å². The van der Waals surface area contributed by atoms with Crippen molar-refractivity contribution in [3.63, 3.8) is 0 Å². The van der Waals surface area contributed by atoms with Crippen LogP contribution in [-0.4, -0.2) is 36.3 Å². The molecule has 1 aliphatic heterocycles. The second kappa shape index (κ2) is 10.6. The molecule has 2 aliphatic rings. The van der Waals surface area contributed by atoms with E-state index in [0.717, 1.165) is 42.5 Å². The van der Waals surface area contributed by atoms with E-state index in [0.29, 0.717) is 18.7 Å². The molecule has 32 heavy (non-hydrogen) atoms. The van der Waals surface area contributed by atoms with E-state index in [-0.39, 0.29) is 17.7 Å². The second-order valence-corrected chi connectivity index (χ2v) is 9.20. The highest BCUT2D eigenvalue weighted by Gasteiger charge is 2.26. The molecular formula is C28H34N2O2. The van der Waals surface area contributed by atoms with Crippen molar-refractivity contribution in [3.8, 4) is 0 Å². The van der Waals surface area contributed by atoms with Gasteiger partial charge in [0.05, 0.1) is 0 Å². The first-order chi connectivity index (χ1) is 15.6. The zero-order valence-corrected chi connectivity index (χ0v) is 19.1. The molecular weight excluding hydrogens is 396 g/mol. The number of amides is 2. The molecule has 168 valence electrons. The first kappa shape index (κ1) is 22.3. The molecule has 1 fully saturated rings. The minimum absolute atomic E-state index is 0.00773. The summed E-state index contributed by atoms with van der Waals surface area (Å²) in [6.45, 7) is 4.21. The highest BCUT2D eigenvalue weighted by Crippen LogP contribution is 2.28. The second-order valence-electron chi connectivity index (χ2n) is 9.20. The summed E-state index contributed by atoms with van der Waals surface area (Å²) in [5, 5.41) is 3.09. The Hall–Kier alpha value is -2.88. The average Bonchev–Trinajstić information content (AvgIpc) is 2.85. The van der Waals surface area contributed by atoms with Crippen molar-refractivity contribution in [1.29, 1.82) is 0 Å². The molecule has 0 saturated carbocycles. The Morgan fingerprint density at radius 2 is 1.88 bits per heavy atom. The fourth-order valence-electron chi connectivity index (χ4n) is 4.82. The summed E-state index contributed by atoms with van der Waals surface area (Å²) in [6.07, 6.45) is 10.2. The molecule has 1 aliphatic carbocycles. The van der Waals surface area contributed by atoms with Crippen LogP contribution >= 0.6 is 0 Å². The average molecular weight is 431 g/mol. The third kappa shape index (κ3) is 5.67. The van der Waals surface area contributed by atoms with Crippen molar-refractivity contribution >= 4 is 11.8 Å². The minimum atomic E-state index is -0.00773. The molecule has 1 heterocycles. The van der Waals surface area contributed by atoms with E-state index >= 15 is 0 Å². The Balaban J connectivity index is 1.36. The van der Waals surface area contributed by atoms with Crippen LogP contribution in [0.25, 0.3) is 0 Å². The number of allylic oxidation sites excluding steroid dienone is 1. The van der Waals surface area contributed by atoms with Crippen LogP contribution in [-0.2, 0) is 0 Å². The van der Waals surface area contributed by atoms with E-state index in [1.54, 1.807) is 0 Å². The number of carbonyl (C=O) groups is 2. The fourth-order valence-corrected chi connectivity index (χ4v) is 4.82. The van der Waals surface area contributed by atoms with Crippen molar-refractivity contribution in [1.82, 2.24) is 10.2 Å². The molecule has 4 heteroatoms. The fraction of sp³-hybridized carbons (Fsp3) is 0.429. The lowest BCUT2D eigenvalue weighted by Gasteiger charge is -2.33. The Morgan fingerprint density at radius 1 is 1.03 bits per heavy atom. The number of hydrogen-bond acceptors (Lipinski definition) is 2. The highest BCUT2D eigenvalue weighted by atomic mass is 16.2. The molecule has 1 saturated heterocycles. The molecule has 0 spiro atoms. The maximum atomic E-state index is 13.0. The van der Waals surface area contributed by atoms with Gasteiger partial charge in [0.1, 0.15) is 0 Å². The van der Waals surface area contributed by atoms with E-state index in [4.69, 9.17) is 0 Å². The SMILES string of the molecule is Cc1ccc(C(=O)N2CCC[C@@H](c3cccc(C(=O)NCCC4=CCCCC4)c3)C2)cc1. The van der Waals surface area contributed by atoms with E-state index in [1.165, 1.54) is 31.3 Å². The van der Waals surface area contributed by atoms with Crippen LogP contribution in [0.5, 0.6) is 0 Å². The maximum absolute atomic E-state index is 13.0. The quantitative estimate of drug-likeness (QED) is 0.603. The molecule has 0 bridgehead atoms. The van der Waals surface area contributed by atoms with Gasteiger partial charge in [-0.1, -0.05) is 41.5 Å². The van der Waals surface area contributed by atoms with Gasteiger partial charge in [-0.05, 0) is 81.7 Å². The molecule has 2 aromatic carbocycles. The van der Waals surface area contributed by atoms with E-state index < -0.39 is 0 Å². The number of likely N-dealkylation sites (tertiary alicyclic amines) is 1. The molecule has 4 nitrogen and oxygen atoms in total. The lowest BCUT2D eigenvalue weighted by molar-refractivity contribution is 0.0706. The van der Waals surface area contributed by atoms with Gasteiger partial charge in [0, 0.05) is 36.7 Å². The molecule has 4 rings (SSSR count). The molecule has 2 aromatic rings. The number of rotatable bonds is 6. The summed E-state index contributed by atoms with van der Waals surface area (Å²) >= 11 is 0. The maximum Gasteiger partial charge on any atom is 0.253 e. The standard InChI is InChI=1S/C28H34N2O2/c1-21-12-14-23(15-13-21)28(32)30-18-6-11-26(20-30)24-9-5-10-25(19-24)27(31)29-17-16-22-7-3-2-4-8-22/h5,7,9-10,12-15,19,26H,2-4,6,8,11,16-18,20H2,1H3,(H,29,31)/t26-/m1/s1. The molecule has 1 atom stereocenters. The molecule has 2 amide bonds. The number of nitrogens with one attached hydrogen (secondary N) is 1. The molecule has 1 N–H and O–H groups in total. The van der Waals surface area contributed by atoms with Gasteiger partial charge in [-0.15, -0.1) is 0 Å². The Labute approximate surface area is 191 Å². The summed E-state index contributed by atoms with van der Waals surface area (Å²) in [6, 6.07) is 15.8. The molecule has 0 radical (unpaired) electrons. The predicted octanol–water partition coefficient (Wildman–Crippen LogP) is 5.64. The predicted molar refractivity (Wildman–Crippen MR) is 129 cm³/mol. The summed E-state index contributed by atoms with van der Waals surface area (Å²) < 4.78 is 0. The largest absolute Gasteiger partial charge is 0.352 e. The number of carbonyl (C=O) groups excluding carboxylic acids is 2. The minimum Gasteiger partial charge on any atom is -0.352 e. The third-order valence-corrected chi connectivity index (χ3v) is 6.74. The number of hydrogen-bond donors (Lipinski definition) is 1. The van der Waals surface area contributed by atoms with Crippen LogP contribution in [0.2, 0.25) is 0 Å². The zero-order valence-electron chi connectivity index (χ0n) is 19.1. The zero-order chi connectivity index (χ0) is 22.3. The first-order valence-corrected chi connectivity index (χ1v) is 12.0. The monoisotopic (exact) mass is 430 g/mol. The van der Waals surface area contributed by atoms with Crippen molar-refractivity contribution in [2.45, 2.75) is 57.8 Å². The van der Waals surface area contributed by atoms with Gasteiger partial charge in [0.25, 0.3) is 11.8 Å². The van der Waals surface area contributed by atoms with Gasteiger partial charge in [0.2, 0.25) is 0 Å². The van der Waals surface area contributed by atoms with Crippen molar-refractivity contribution in [2.75, 3.05) is 19.6 Å². The van der Waals surface area contributed by atoms with Gasteiger partial charge in [-0.25, -0.2) is 0 Å². The number of benzene rings is 2. The summed E-state index contributed by atoms with van der Waals surface area (Å²) in [5.74, 6) is 0.352. The van der Waals surface area contributed by atoms with Gasteiger partial charge in [-0.3, -0.25) is 9.59 Å². The molecule has 0 aromatic heterocycles. The van der Waals surface area contributed by atoms with Gasteiger partial charge < -0.3 is 10.2 Å². The van der Waals surface area contributed by atoms with E-state index in [9.17, 15) is 9.59 Å². The van der Waals surface area contributed by atoms with Crippen molar-refractivity contribution in [2.24, 2.45) is 0 Å². The van der Waals surface area contributed by atoms with Crippen LogP contribution in [0.4, 0.5) is 0 Å². The van der Waals surface area contributed by atoms with Crippen molar-refractivity contribution in [3.05, 3.63) is 82.4 Å². The Morgan fingerprint density at radius 3 is 2.66 bits per heavy atom. The van der Waals surface area contributed by atoms with Gasteiger partial charge in [0.15, 0.2) is 0 Å². The summed E-state index contributed by atoms with van der Waals surface area (Å²) in [4.78, 5) is 27.6. The van der Waals surface area contributed by atoms with Gasteiger partial charge in [-0.2, -0.15) is 0 Å². The topological polar surface area (TPSA) is 49.4 Å². The lowest BCUT2D eigenvalue weighted by Crippen LogP contribution is -2.39. The van der Waals surface area contributed by atoms with Crippen molar-refractivity contribution < 1.29 is 9.59 Å². The van der Waals surface area contributed by atoms with Crippen LogP contribution in [0.1, 0.15) is 82.7 Å². The van der Waals surface area contributed by atoms with Gasteiger partial charge >= 0.3 is 0 Å². The normalized spacial score (nSPS) is 18.7. The van der Waals surface area contributed by atoms with E-state index in [2.05, 4.69) is 17.5 Å². The van der Waals surface area contributed by atoms with E-state index in [1.807, 2.05) is 54.3 Å².